The van der Waals surface area contributed by atoms with Crippen molar-refractivity contribution in [1.82, 2.24) is 0 Å². The molecule has 3 heteroatoms. The molecule has 0 saturated heterocycles. The van der Waals surface area contributed by atoms with Gasteiger partial charge in [0.2, 0.25) is 0 Å². The van der Waals surface area contributed by atoms with Crippen molar-refractivity contribution in [2.45, 2.75) is 53.4 Å². The van der Waals surface area contributed by atoms with Gasteiger partial charge in [0.25, 0.3) is 0 Å². The molecule has 0 aromatic heterocycles. The zero-order chi connectivity index (χ0) is 17.8. The van der Waals surface area contributed by atoms with Crippen molar-refractivity contribution in [2.75, 3.05) is 0 Å². The second kappa shape index (κ2) is 13.8. The maximum absolute atomic E-state index is 2.37. The Morgan fingerprint density at radius 3 is 1.00 bits per heavy atom. The molecule has 2 aromatic rings. The molecule has 0 amide bonds. The van der Waals surface area contributed by atoms with Crippen LogP contribution in [-0.2, 0) is 10.1 Å². The number of hydrogen-bond donors (Lipinski definition) is 0. The van der Waals surface area contributed by atoms with E-state index in [0.29, 0.717) is 21.9 Å². The summed E-state index contributed by atoms with van der Waals surface area (Å²) in [7, 11) is 0.650. The molecule has 2 aromatic carbocycles. The molecule has 0 aliphatic carbocycles. The minimum absolute atomic E-state index is 0.650. The molecule has 0 bridgehead atoms. The van der Waals surface area contributed by atoms with Gasteiger partial charge in [-0.25, -0.2) is 0 Å². The van der Waals surface area contributed by atoms with Crippen LogP contribution in [0.4, 0.5) is 0 Å². The number of benzene rings is 2. The monoisotopic (exact) mass is 624 g/mol. The van der Waals surface area contributed by atoms with Crippen LogP contribution >= 0.6 is 39.5 Å². The quantitative estimate of drug-likeness (QED) is 0.235. The van der Waals surface area contributed by atoms with Crippen LogP contribution in [0, 0.1) is 13.8 Å². The van der Waals surface area contributed by atoms with Crippen LogP contribution in [-0.4, -0.2) is 0 Å². The zero-order valence-electron chi connectivity index (χ0n) is 14.9. The molecule has 0 atom stereocenters. The summed E-state index contributed by atoms with van der Waals surface area (Å²) in [6.45, 7) is 13.1. The Morgan fingerprint density at radius 1 is 0.609 bits per heavy atom. The van der Waals surface area contributed by atoms with Gasteiger partial charge < -0.3 is 0 Å². The van der Waals surface area contributed by atoms with E-state index in [4.69, 9.17) is 0 Å². The first-order valence-corrected chi connectivity index (χ1v) is 18.1. The molecule has 2 rings (SSSR count). The van der Waals surface area contributed by atoms with Gasteiger partial charge in [0.15, 0.2) is 0 Å². The van der Waals surface area contributed by atoms with Gasteiger partial charge in [-0.15, -0.1) is 0 Å². The van der Waals surface area contributed by atoms with Crippen LogP contribution in [0.3, 0.4) is 0 Å². The fourth-order valence-corrected chi connectivity index (χ4v) is 1.90. The summed E-state index contributed by atoms with van der Waals surface area (Å²) in [6.07, 6.45) is 0. The van der Waals surface area contributed by atoms with E-state index in [1.165, 1.54) is 22.3 Å². The van der Waals surface area contributed by atoms with Gasteiger partial charge in [0, 0.05) is 0 Å². The van der Waals surface area contributed by atoms with Crippen molar-refractivity contribution in [2.24, 2.45) is 0 Å². The zero-order valence-corrected chi connectivity index (χ0v) is 20.9. The van der Waals surface area contributed by atoms with Crippen LogP contribution in [0.15, 0.2) is 48.5 Å². The maximum atomic E-state index is 2.37. The predicted octanol–water partition coefficient (Wildman–Crippen LogP) is 8.01. The van der Waals surface area contributed by atoms with Crippen molar-refractivity contribution >= 4 is 39.5 Å². The van der Waals surface area contributed by atoms with Crippen molar-refractivity contribution in [3.8, 4) is 0 Å². The molecule has 0 aliphatic rings. The molecule has 0 radical (unpaired) electrons. The number of rotatable bonds is 2. The van der Waals surface area contributed by atoms with Gasteiger partial charge in [-0.05, 0) is 36.8 Å². The summed E-state index contributed by atoms with van der Waals surface area (Å²) in [5.74, 6) is 1.31. The summed E-state index contributed by atoms with van der Waals surface area (Å²) in [5, 5.41) is 0. The van der Waals surface area contributed by atoms with Crippen molar-refractivity contribution < 1.29 is 10.1 Å². The Morgan fingerprint density at radius 2 is 0.826 bits per heavy atom. The van der Waals surface area contributed by atoms with Gasteiger partial charge in [-0.2, -0.15) is 0 Å². The molecule has 0 nitrogen and oxygen atoms in total. The Labute approximate surface area is 172 Å². The first-order valence-electron chi connectivity index (χ1n) is 7.80. The van der Waals surface area contributed by atoms with Crippen LogP contribution in [0.25, 0.3) is 0 Å². The number of halogens is 2. The SMILES string of the molecule is Cc1ccc(C(C)C)cc1.Cc1ccc(C(C)C)cc1.[I][Ru][I]. The molecule has 0 aliphatic heterocycles. The standard InChI is InChI=1S/2C10H14.2HI.Ru/c2*1-8(2)10-6-4-9(3)5-7-10;;;/h2*4-8H,1-3H3;2*1H;/q;;;;+2/p-2. The fraction of sp³-hybridized carbons (Fsp3) is 0.400. The third-order valence-electron chi connectivity index (χ3n) is 3.49. The van der Waals surface area contributed by atoms with E-state index in [9.17, 15) is 0 Å². The molecular formula is C20H28I2Ru. The van der Waals surface area contributed by atoms with E-state index in [0.717, 1.165) is 0 Å². The van der Waals surface area contributed by atoms with Gasteiger partial charge in [-0.3, -0.25) is 0 Å². The third kappa shape index (κ3) is 11.7. The van der Waals surface area contributed by atoms with E-state index in [1.54, 1.807) is 0 Å². The molecule has 0 N–H and O–H groups in total. The average molecular weight is 623 g/mol. The average Bonchev–Trinajstić information content (AvgIpc) is 2.49. The van der Waals surface area contributed by atoms with Crippen molar-refractivity contribution in [3.05, 3.63) is 70.8 Å². The van der Waals surface area contributed by atoms with Gasteiger partial charge in [0.1, 0.15) is 0 Å². The summed E-state index contributed by atoms with van der Waals surface area (Å²) in [6, 6.07) is 17.4. The molecule has 130 valence electrons. The Balaban J connectivity index is 0.000000360. The van der Waals surface area contributed by atoms with Gasteiger partial charge in [-0.1, -0.05) is 87.4 Å². The normalized spacial score (nSPS) is 10.0. The summed E-state index contributed by atoms with van der Waals surface area (Å²) < 4.78 is 0. The van der Waals surface area contributed by atoms with Crippen LogP contribution in [0.5, 0.6) is 0 Å². The predicted molar refractivity (Wildman–Crippen MR) is 119 cm³/mol. The second-order valence-corrected chi connectivity index (χ2v) is 19.6. The molecule has 0 heterocycles. The van der Waals surface area contributed by atoms with Crippen molar-refractivity contribution in [3.63, 3.8) is 0 Å². The van der Waals surface area contributed by atoms with Gasteiger partial charge in [0.05, 0.1) is 0 Å². The van der Waals surface area contributed by atoms with E-state index in [2.05, 4.69) is 130 Å². The fourth-order valence-electron chi connectivity index (χ4n) is 1.90. The van der Waals surface area contributed by atoms with Crippen LogP contribution < -0.4 is 0 Å². The van der Waals surface area contributed by atoms with E-state index in [-0.39, 0.29) is 0 Å². The van der Waals surface area contributed by atoms with E-state index < -0.39 is 0 Å². The van der Waals surface area contributed by atoms with Gasteiger partial charge >= 0.3 is 49.6 Å². The summed E-state index contributed by atoms with van der Waals surface area (Å²) in [5.41, 5.74) is 5.52. The Bertz CT molecular complexity index is 467. The Hall–Kier alpha value is 0.523. The molecule has 0 unspecified atom stereocenters. The minimum atomic E-state index is 0.650. The molecular weight excluding hydrogens is 595 g/mol. The van der Waals surface area contributed by atoms with Crippen LogP contribution in [0.1, 0.15) is 61.8 Å². The van der Waals surface area contributed by atoms with Crippen molar-refractivity contribution in [1.29, 1.82) is 0 Å². The van der Waals surface area contributed by atoms with E-state index in [1.807, 2.05) is 0 Å². The Kier molecular flexibility index (Phi) is 14.1. The topological polar surface area (TPSA) is 0 Å². The number of aryl methyl sites for hydroxylation is 2. The first-order chi connectivity index (χ1) is 10.8. The summed E-state index contributed by atoms with van der Waals surface area (Å²) >= 11 is 4.73. The molecule has 0 fully saturated rings. The van der Waals surface area contributed by atoms with E-state index >= 15 is 0 Å². The van der Waals surface area contributed by atoms with Crippen LogP contribution in [0.2, 0.25) is 0 Å². The molecule has 23 heavy (non-hydrogen) atoms. The third-order valence-corrected chi connectivity index (χ3v) is 3.49. The molecule has 0 saturated carbocycles. The summed E-state index contributed by atoms with van der Waals surface area (Å²) in [4.78, 5) is 0. The number of hydrogen-bond acceptors (Lipinski definition) is 0. The second-order valence-electron chi connectivity index (χ2n) is 6.18. The first kappa shape index (κ1) is 23.5. The molecule has 0 spiro atoms.